The van der Waals surface area contributed by atoms with Crippen molar-refractivity contribution in [2.45, 2.75) is 10.9 Å². The number of hydrogen-bond donors (Lipinski definition) is 2. The number of thioether (sulfide) groups is 1. The molecule has 0 aromatic carbocycles. The van der Waals surface area contributed by atoms with Crippen molar-refractivity contribution >= 4 is 17.6 Å². The molecule has 0 bridgehead atoms. The van der Waals surface area contributed by atoms with E-state index >= 15 is 0 Å². The minimum Gasteiger partial charge on any atom is -0.409 e. The van der Waals surface area contributed by atoms with E-state index < -0.39 is 0 Å². The molecule has 0 saturated carbocycles. The summed E-state index contributed by atoms with van der Waals surface area (Å²) in [5.74, 6) is 0.710. The summed E-state index contributed by atoms with van der Waals surface area (Å²) in [7, 11) is 1.89. The number of amidine groups is 1. The van der Waals surface area contributed by atoms with Crippen LogP contribution in [0.4, 0.5) is 0 Å². The van der Waals surface area contributed by atoms with Gasteiger partial charge in [0.1, 0.15) is 12.0 Å². The van der Waals surface area contributed by atoms with Gasteiger partial charge in [0.05, 0.1) is 0 Å². The molecule has 7 nitrogen and oxygen atoms in total. The van der Waals surface area contributed by atoms with Crippen molar-refractivity contribution in [1.29, 1.82) is 0 Å². The maximum Gasteiger partial charge on any atom is 0.191 e. The molecular weight excluding hydrogens is 252 g/mol. The number of oxime groups is 1. The van der Waals surface area contributed by atoms with E-state index in [0.29, 0.717) is 11.4 Å². The highest BCUT2D eigenvalue weighted by Gasteiger charge is 2.05. The Hall–Kier alpha value is -2.09. The second-order valence-electron chi connectivity index (χ2n) is 3.55. The third kappa shape index (κ3) is 2.77. The van der Waals surface area contributed by atoms with E-state index in [9.17, 15) is 0 Å². The summed E-state index contributed by atoms with van der Waals surface area (Å²) >= 11 is 1.55. The highest BCUT2D eigenvalue weighted by atomic mass is 32.2. The lowest BCUT2D eigenvalue weighted by atomic mass is 10.2. The van der Waals surface area contributed by atoms with Crippen molar-refractivity contribution in [2.24, 2.45) is 17.9 Å². The fraction of sp³-hybridized carbons (Fsp3) is 0.200. The average Bonchev–Trinajstić information content (AvgIpc) is 2.81. The minimum atomic E-state index is 0.000471. The largest absolute Gasteiger partial charge is 0.409 e. The molecule has 0 atom stereocenters. The Morgan fingerprint density at radius 2 is 2.44 bits per heavy atom. The molecule has 94 valence electrons. The third-order valence-electron chi connectivity index (χ3n) is 2.23. The average molecular weight is 264 g/mol. The Bertz CT molecular complexity index is 567. The van der Waals surface area contributed by atoms with Crippen LogP contribution in [-0.4, -0.2) is 30.8 Å². The van der Waals surface area contributed by atoms with Gasteiger partial charge in [0.2, 0.25) is 0 Å². The van der Waals surface area contributed by atoms with Gasteiger partial charge in [-0.2, -0.15) is 0 Å². The lowest BCUT2D eigenvalue weighted by Crippen LogP contribution is -2.15. The van der Waals surface area contributed by atoms with Crippen molar-refractivity contribution in [3.05, 3.63) is 35.9 Å². The molecule has 0 radical (unpaired) electrons. The monoisotopic (exact) mass is 264 g/mol. The fourth-order valence-electron chi connectivity index (χ4n) is 1.31. The molecule has 0 spiro atoms. The van der Waals surface area contributed by atoms with Crippen LogP contribution >= 0.6 is 11.8 Å². The zero-order valence-electron chi connectivity index (χ0n) is 9.69. The molecular formula is C10H12N6OS. The number of hydrogen-bond acceptors (Lipinski definition) is 6. The van der Waals surface area contributed by atoms with Gasteiger partial charge in [-0.05, 0) is 17.7 Å². The van der Waals surface area contributed by atoms with Gasteiger partial charge in [0.25, 0.3) is 0 Å². The van der Waals surface area contributed by atoms with E-state index in [1.807, 2.05) is 17.7 Å². The summed E-state index contributed by atoms with van der Waals surface area (Å²) in [6.45, 7) is 0. The van der Waals surface area contributed by atoms with Crippen LogP contribution in [0.3, 0.4) is 0 Å². The molecule has 2 heterocycles. The predicted molar refractivity (Wildman–Crippen MR) is 67.3 cm³/mol. The van der Waals surface area contributed by atoms with Gasteiger partial charge in [-0.1, -0.05) is 16.9 Å². The Morgan fingerprint density at radius 3 is 3.11 bits per heavy atom. The molecule has 2 aromatic rings. The Labute approximate surface area is 108 Å². The van der Waals surface area contributed by atoms with Crippen LogP contribution in [-0.2, 0) is 12.8 Å². The van der Waals surface area contributed by atoms with Crippen molar-refractivity contribution in [2.75, 3.05) is 0 Å². The van der Waals surface area contributed by atoms with E-state index in [1.165, 1.54) is 0 Å². The van der Waals surface area contributed by atoms with Crippen molar-refractivity contribution in [3.8, 4) is 0 Å². The number of nitrogens with two attached hydrogens (primary N) is 1. The molecule has 0 amide bonds. The van der Waals surface area contributed by atoms with Crippen LogP contribution in [0.5, 0.6) is 0 Å². The zero-order valence-corrected chi connectivity index (χ0v) is 10.5. The molecule has 0 fully saturated rings. The Morgan fingerprint density at radius 1 is 1.61 bits per heavy atom. The van der Waals surface area contributed by atoms with Gasteiger partial charge in [-0.15, -0.1) is 10.2 Å². The van der Waals surface area contributed by atoms with Crippen LogP contribution in [0.2, 0.25) is 0 Å². The van der Waals surface area contributed by atoms with E-state index in [2.05, 4.69) is 20.3 Å². The number of nitrogens with zero attached hydrogens (tertiary/aromatic N) is 5. The van der Waals surface area contributed by atoms with E-state index in [1.54, 1.807) is 30.4 Å². The summed E-state index contributed by atoms with van der Waals surface area (Å²) in [6, 6.07) is 3.65. The SMILES string of the molecule is Cn1cnnc1SCc1ccnc(C(N)=NO)c1. The summed E-state index contributed by atoms with van der Waals surface area (Å²) in [4.78, 5) is 4.01. The first-order valence-electron chi connectivity index (χ1n) is 5.10. The molecule has 3 N–H and O–H groups in total. The highest BCUT2D eigenvalue weighted by molar-refractivity contribution is 7.98. The molecule has 0 saturated heterocycles. The molecule has 2 aromatic heterocycles. The summed E-state index contributed by atoms with van der Waals surface area (Å²) < 4.78 is 1.84. The van der Waals surface area contributed by atoms with Crippen LogP contribution in [0.15, 0.2) is 35.0 Å². The fourth-order valence-corrected chi connectivity index (χ4v) is 2.14. The lowest BCUT2D eigenvalue weighted by molar-refractivity contribution is 0.318. The highest BCUT2D eigenvalue weighted by Crippen LogP contribution is 2.19. The zero-order chi connectivity index (χ0) is 13.0. The minimum absolute atomic E-state index is 0.000471. The molecule has 0 aliphatic carbocycles. The second kappa shape index (κ2) is 5.50. The molecule has 0 aliphatic rings. The standard InChI is InChI=1S/C10H12N6OS/c1-16-6-13-14-10(16)18-5-7-2-3-12-8(4-7)9(11)15-17/h2-4,6,17H,5H2,1H3,(H2,11,15). The van der Waals surface area contributed by atoms with Gasteiger partial charge in [0, 0.05) is 19.0 Å². The van der Waals surface area contributed by atoms with E-state index in [0.717, 1.165) is 10.7 Å². The quantitative estimate of drug-likeness (QED) is 0.275. The van der Waals surface area contributed by atoms with Crippen molar-refractivity contribution < 1.29 is 5.21 Å². The first-order valence-corrected chi connectivity index (χ1v) is 6.09. The predicted octanol–water partition coefficient (Wildman–Crippen LogP) is 0.597. The Kier molecular flexibility index (Phi) is 3.78. The molecule has 0 aliphatic heterocycles. The number of rotatable bonds is 4. The second-order valence-corrected chi connectivity index (χ2v) is 4.49. The van der Waals surface area contributed by atoms with Crippen LogP contribution in [0, 0.1) is 0 Å². The van der Waals surface area contributed by atoms with Gasteiger partial charge in [-0.3, -0.25) is 4.98 Å². The number of pyridine rings is 1. The van der Waals surface area contributed by atoms with Gasteiger partial charge in [0.15, 0.2) is 11.0 Å². The smallest absolute Gasteiger partial charge is 0.191 e. The first kappa shape index (κ1) is 12.4. The van der Waals surface area contributed by atoms with Crippen molar-refractivity contribution in [1.82, 2.24) is 19.7 Å². The van der Waals surface area contributed by atoms with Crippen LogP contribution < -0.4 is 5.73 Å². The van der Waals surface area contributed by atoms with Crippen LogP contribution in [0.25, 0.3) is 0 Å². The van der Waals surface area contributed by atoms with Gasteiger partial charge in [-0.25, -0.2) is 0 Å². The Balaban J connectivity index is 2.08. The molecule has 8 heteroatoms. The van der Waals surface area contributed by atoms with Crippen LogP contribution in [0.1, 0.15) is 11.3 Å². The van der Waals surface area contributed by atoms with E-state index in [-0.39, 0.29) is 5.84 Å². The maximum absolute atomic E-state index is 8.59. The van der Waals surface area contributed by atoms with Gasteiger partial charge < -0.3 is 15.5 Å². The normalized spacial score (nSPS) is 11.7. The summed E-state index contributed by atoms with van der Waals surface area (Å²) in [5.41, 5.74) is 6.95. The van der Waals surface area contributed by atoms with E-state index in [4.69, 9.17) is 10.9 Å². The van der Waals surface area contributed by atoms with Crippen molar-refractivity contribution in [3.63, 3.8) is 0 Å². The topological polar surface area (TPSA) is 102 Å². The maximum atomic E-state index is 8.59. The lowest BCUT2D eigenvalue weighted by Gasteiger charge is -2.03. The molecule has 2 rings (SSSR count). The van der Waals surface area contributed by atoms with Gasteiger partial charge >= 0.3 is 0 Å². The molecule has 18 heavy (non-hydrogen) atoms. The first-order chi connectivity index (χ1) is 8.70. The number of aryl methyl sites for hydroxylation is 1. The summed E-state index contributed by atoms with van der Waals surface area (Å²) in [5, 5.41) is 20.1. The summed E-state index contributed by atoms with van der Waals surface area (Å²) in [6.07, 6.45) is 3.27. The molecule has 0 unspecified atom stereocenters. The number of aromatic nitrogens is 4. The third-order valence-corrected chi connectivity index (χ3v) is 3.34.